The number of pyridine rings is 3. The number of fused-ring (bicyclic) bond motifs is 1. The highest BCUT2D eigenvalue weighted by molar-refractivity contribution is 5.89. The second-order valence-electron chi connectivity index (χ2n) is 9.34. The van der Waals surface area contributed by atoms with Crippen molar-refractivity contribution in [2.24, 2.45) is 7.05 Å². The van der Waals surface area contributed by atoms with E-state index in [1.54, 1.807) is 35.9 Å². The molecule has 1 aliphatic heterocycles. The third kappa shape index (κ3) is 4.34. The second-order valence-corrected chi connectivity index (χ2v) is 9.34. The summed E-state index contributed by atoms with van der Waals surface area (Å²) in [7, 11) is 1.71. The Morgan fingerprint density at radius 3 is 2.56 bits per heavy atom. The van der Waals surface area contributed by atoms with Gasteiger partial charge in [-0.05, 0) is 43.7 Å². The van der Waals surface area contributed by atoms with Gasteiger partial charge >= 0.3 is 0 Å². The summed E-state index contributed by atoms with van der Waals surface area (Å²) >= 11 is 0. The number of anilines is 1. The predicted octanol–water partition coefficient (Wildman–Crippen LogP) is 3.95. The van der Waals surface area contributed by atoms with Crippen molar-refractivity contribution in [3.8, 4) is 6.07 Å². The van der Waals surface area contributed by atoms with Crippen molar-refractivity contribution in [3.63, 3.8) is 0 Å². The first kappa shape index (κ1) is 23.6. The standard InChI is InChI=1S/C28H27FN6O/c1-18-7-9-20(10-8-18)28(22-5-4-6-25(29)32-22)34-13-14-35(19(2)17-34)24-15-26(36)33(3)23-12-11-21(16-30)31-27(23)24/h4-12,15,19,28H,13-14,17H2,1-3H3/t19-,28?/m0/s1. The summed E-state index contributed by atoms with van der Waals surface area (Å²) in [5.74, 6) is -0.498. The van der Waals surface area contributed by atoms with Crippen molar-refractivity contribution in [1.29, 1.82) is 5.26 Å². The molecule has 0 N–H and O–H groups in total. The molecule has 3 aromatic heterocycles. The first-order valence-corrected chi connectivity index (χ1v) is 12.0. The maximum atomic E-state index is 14.1. The molecule has 1 fully saturated rings. The van der Waals surface area contributed by atoms with E-state index in [0.29, 0.717) is 42.1 Å². The van der Waals surface area contributed by atoms with Crippen LogP contribution in [0.1, 0.15) is 35.5 Å². The van der Waals surface area contributed by atoms with Crippen LogP contribution in [0.3, 0.4) is 0 Å². The van der Waals surface area contributed by atoms with Gasteiger partial charge in [-0.3, -0.25) is 9.69 Å². The number of hydrogen-bond acceptors (Lipinski definition) is 6. The zero-order valence-electron chi connectivity index (χ0n) is 20.5. The number of hydrogen-bond donors (Lipinski definition) is 0. The zero-order chi connectivity index (χ0) is 25.4. The van der Waals surface area contributed by atoms with Crippen LogP contribution in [-0.2, 0) is 7.05 Å². The van der Waals surface area contributed by atoms with E-state index in [-0.39, 0.29) is 17.6 Å². The van der Waals surface area contributed by atoms with Crippen molar-refractivity contribution in [2.45, 2.75) is 25.9 Å². The first-order chi connectivity index (χ1) is 17.4. The number of rotatable bonds is 4. The van der Waals surface area contributed by atoms with E-state index in [1.807, 2.05) is 13.0 Å². The van der Waals surface area contributed by atoms with Crippen LogP contribution in [0.4, 0.5) is 10.1 Å². The molecule has 2 atom stereocenters. The summed E-state index contributed by atoms with van der Waals surface area (Å²) in [5, 5.41) is 9.39. The van der Waals surface area contributed by atoms with Gasteiger partial charge in [-0.25, -0.2) is 9.97 Å². The second kappa shape index (κ2) is 9.51. The highest BCUT2D eigenvalue weighted by atomic mass is 19.1. The van der Waals surface area contributed by atoms with Crippen LogP contribution in [0.5, 0.6) is 0 Å². The van der Waals surface area contributed by atoms with E-state index in [4.69, 9.17) is 0 Å². The fraction of sp³-hybridized carbons (Fsp3) is 0.286. The van der Waals surface area contributed by atoms with E-state index in [2.05, 4.69) is 57.0 Å². The topological polar surface area (TPSA) is 78.0 Å². The highest BCUT2D eigenvalue weighted by Gasteiger charge is 2.32. The van der Waals surface area contributed by atoms with Crippen molar-refractivity contribution < 1.29 is 4.39 Å². The van der Waals surface area contributed by atoms with Crippen LogP contribution in [-0.4, -0.2) is 45.1 Å². The number of aryl methyl sites for hydroxylation is 2. The molecule has 1 aromatic carbocycles. The number of nitrogens with zero attached hydrogens (tertiary/aromatic N) is 6. The van der Waals surface area contributed by atoms with Gasteiger partial charge in [0, 0.05) is 38.8 Å². The molecule has 7 nitrogen and oxygen atoms in total. The molecule has 1 unspecified atom stereocenters. The molecular weight excluding hydrogens is 455 g/mol. The highest BCUT2D eigenvalue weighted by Crippen LogP contribution is 2.33. The maximum absolute atomic E-state index is 14.1. The number of piperazine rings is 1. The third-order valence-electron chi connectivity index (χ3n) is 6.93. The Hall–Kier alpha value is -4.09. The van der Waals surface area contributed by atoms with Crippen LogP contribution in [0.15, 0.2) is 65.5 Å². The molecule has 4 heterocycles. The molecule has 8 heteroatoms. The molecule has 4 aromatic rings. The van der Waals surface area contributed by atoms with E-state index >= 15 is 0 Å². The van der Waals surface area contributed by atoms with E-state index < -0.39 is 5.95 Å². The van der Waals surface area contributed by atoms with E-state index in [1.165, 1.54) is 6.07 Å². The Morgan fingerprint density at radius 1 is 1.08 bits per heavy atom. The van der Waals surface area contributed by atoms with Crippen molar-refractivity contribution in [1.82, 2.24) is 19.4 Å². The van der Waals surface area contributed by atoms with Crippen LogP contribution >= 0.6 is 0 Å². The molecule has 182 valence electrons. The fourth-order valence-corrected chi connectivity index (χ4v) is 5.06. The molecule has 0 spiro atoms. The normalized spacial score (nSPS) is 17.2. The summed E-state index contributed by atoms with van der Waals surface area (Å²) in [5.41, 5.74) is 5.12. The lowest BCUT2D eigenvalue weighted by Crippen LogP contribution is -2.53. The number of nitriles is 1. The van der Waals surface area contributed by atoms with Crippen molar-refractivity contribution in [3.05, 3.63) is 99.5 Å². The van der Waals surface area contributed by atoms with E-state index in [0.717, 1.165) is 16.8 Å². The molecule has 0 aliphatic carbocycles. The van der Waals surface area contributed by atoms with E-state index in [9.17, 15) is 14.4 Å². The molecular formula is C28H27FN6O. The summed E-state index contributed by atoms with van der Waals surface area (Å²) in [6.45, 7) is 6.13. The van der Waals surface area contributed by atoms with Gasteiger partial charge < -0.3 is 9.47 Å². The Balaban J connectivity index is 1.52. The van der Waals surface area contributed by atoms with Crippen LogP contribution in [0, 0.1) is 24.2 Å². The Labute approximate surface area is 209 Å². The molecule has 0 radical (unpaired) electrons. The lowest BCUT2D eigenvalue weighted by atomic mass is 9.98. The number of benzene rings is 1. The average Bonchev–Trinajstić information content (AvgIpc) is 2.87. The molecule has 0 saturated carbocycles. The molecule has 5 rings (SSSR count). The summed E-state index contributed by atoms with van der Waals surface area (Å²) in [4.78, 5) is 26.0. The smallest absolute Gasteiger partial charge is 0.252 e. The van der Waals surface area contributed by atoms with Gasteiger partial charge in [0.15, 0.2) is 0 Å². The largest absolute Gasteiger partial charge is 0.364 e. The lowest BCUT2D eigenvalue weighted by Gasteiger charge is -2.44. The fourth-order valence-electron chi connectivity index (χ4n) is 5.06. The van der Waals surface area contributed by atoms with Crippen molar-refractivity contribution >= 4 is 16.7 Å². The Kier molecular flexibility index (Phi) is 6.25. The first-order valence-electron chi connectivity index (χ1n) is 12.0. The Bertz CT molecular complexity index is 1520. The summed E-state index contributed by atoms with van der Waals surface area (Å²) in [6, 6.07) is 20.1. The van der Waals surface area contributed by atoms with Gasteiger partial charge in [0.1, 0.15) is 17.3 Å². The quantitative estimate of drug-likeness (QED) is 0.410. The number of halogens is 1. The van der Waals surface area contributed by atoms with Gasteiger partial charge in [0.25, 0.3) is 5.56 Å². The number of aromatic nitrogens is 3. The van der Waals surface area contributed by atoms with Crippen molar-refractivity contribution in [2.75, 3.05) is 24.5 Å². The average molecular weight is 483 g/mol. The minimum absolute atomic E-state index is 0.0307. The predicted molar refractivity (Wildman–Crippen MR) is 137 cm³/mol. The van der Waals surface area contributed by atoms with Gasteiger partial charge in [-0.2, -0.15) is 9.65 Å². The molecule has 36 heavy (non-hydrogen) atoms. The van der Waals surface area contributed by atoms with Gasteiger partial charge in [0.2, 0.25) is 5.95 Å². The Morgan fingerprint density at radius 2 is 1.86 bits per heavy atom. The summed E-state index contributed by atoms with van der Waals surface area (Å²) in [6.07, 6.45) is 0. The molecule has 1 aliphatic rings. The van der Waals surface area contributed by atoms with Gasteiger partial charge in [-0.1, -0.05) is 35.9 Å². The van der Waals surface area contributed by atoms with Gasteiger partial charge in [0.05, 0.1) is 22.9 Å². The van der Waals surface area contributed by atoms with Gasteiger partial charge in [-0.15, -0.1) is 0 Å². The van der Waals surface area contributed by atoms with Crippen LogP contribution in [0.2, 0.25) is 0 Å². The zero-order valence-corrected chi connectivity index (χ0v) is 20.5. The minimum Gasteiger partial charge on any atom is -0.364 e. The molecule has 1 saturated heterocycles. The lowest BCUT2D eigenvalue weighted by molar-refractivity contribution is 0.184. The third-order valence-corrected chi connectivity index (χ3v) is 6.93. The molecule has 0 amide bonds. The summed E-state index contributed by atoms with van der Waals surface area (Å²) < 4.78 is 15.7. The van der Waals surface area contributed by atoms with Crippen LogP contribution in [0.25, 0.3) is 11.0 Å². The maximum Gasteiger partial charge on any atom is 0.252 e. The monoisotopic (exact) mass is 482 g/mol. The van der Waals surface area contributed by atoms with Crippen LogP contribution < -0.4 is 10.5 Å². The SMILES string of the molecule is Cc1ccc(C(c2cccc(F)n2)N2CCN(c3cc(=O)n(C)c4ccc(C#N)nc34)[C@@H](C)C2)cc1. The minimum atomic E-state index is -0.498. The molecule has 0 bridgehead atoms.